The van der Waals surface area contributed by atoms with E-state index in [1.807, 2.05) is 24.3 Å². The van der Waals surface area contributed by atoms with Gasteiger partial charge < -0.3 is 15.3 Å². The molecule has 2 heterocycles. The summed E-state index contributed by atoms with van der Waals surface area (Å²) in [4.78, 5) is 25.3. The second-order valence-corrected chi connectivity index (χ2v) is 5.58. The molecular formula is C15H18N2O3. The van der Waals surface area contributed by atoms with Crippen molar-refractivity contribution in [1.29, 1.82) is 0 Å². The van der Waals surface area contributed by atoms with Crippen molar-refractivity contribution in [3.05, 3.63) is 35.4 Å². The van der Waals surface area contributed by atoms with Crippen LogP contribution in [0.25, 0.3) is 0 Å². The summed E-state index contributed by atoms with van der Waals surface area (Å²) in [6.45, 7) is 2.12. The molecule has 1 amide bonds. The number of rotatable bonds is 3. The first-order chi connectivity index (χ1) is 9.65. The van der Waals surface area contributed by atoms with Crippen molar-refractivity contribution in [1.82, 2.24) is 10.2 Å². The number of carbonyl (C=O) groups excluding carboxylic acids is 1. The molecule has 20 heavy (non-hydrogen) atoms. The highest BCUT2D eigenvalue weighted by Gasteiger charge is 2.35. The number of hydrogen-bond acceptors (Lipinski definition) is 3. The van der Waals surface area contributed by atoms with E-state index in [9.17, 15) is 14.7 Å². The minimum atomic E-state index is -0.917. The molecule has 0 unspecified atom stereocenters. The SMILES string of the molecule is O=C(O)[C@H]1Cc2ccccc2CN1C(=O)CC1CNC1. The van der Waals surface area contributed by atoms with E-state index in [2.05, 4.69) is 5.32 Å². The summed E-state index contributed by atoms with van der Waals surface area (Å²) in [6, 6.07) is 7.03. The van der Waals surface area contributed by atoms with Crippen LogP contribution in [0.15, 0.2) is 24.3 Å². The van der Waals surface area contributed by atoms with Crippen molar-refractivity contribution in [2.45, 2.75) is 25.4 Å². The number of carboxylic acid groups (broad SMARTS) is 1. The van der Waals surface area contributed by atoms with Crippen LogP contribution >= 0.6 is 0 Å². The lowest BCUT2D eigenvalue weighted by atomic mass is 9.92. The Labute approximate surface area is 117 Å². The number of fused-ring (bicyclic) bond motifs is 1. The molecule has 0 aromatic heterocycles. The number of amides is 1. The number of aliphatic carboxylic acids is 1. The maximum Gasteiger partial charge on any atom is 0.326 e. The van der Waals surface area contributed by atoms with E-state index in [1.54, 1.807) is 0 Å². The zero-order valence-corrected chi connectivity index (χ0v) is 11.2. The van der Waals surface area contributed by atoms with Gasteiger partial charge >= 0.3 is 5.97 Å². The lowest BCUT2D eigenvalue weighted by Crippen LogP contribution is -2.51. The van der Waals surface area contributed by atoms with E-state index in [-0.39, 0.29) is 5.91 Å². The van der Waals surface area contributed by atoms with Gasteiger partial charge in [0.1, 0.15) is 6.04 Å². The molecule has 5 nitrogen and oxygen atoms in total. The van der Waals surface area contributed by atoms with Gasteiger partial charge in [-0.25, -0.2) is 4.79 Å². The first kappa shape index (κ1) is 13.1. The van der Waals surface area contributed by atoms with Crippen LogP contribution in [0.4, 0.5) is 0 Å². The number of nitrogens with zero attached hydrogens (tertiary/aromatic N) is 1. The van der Waals surface area contributed by atoms with Crippen LogP contribution in [-0.4, -0.2) is 41.0 Å². The highest BCUT2D eigenvalue weighted by atomic mass is 16.4. The average molecular weight is 274 g/mol. The maximum atomic E-state index is 12.4. The second kappa shape index (κ2) is 5.25. The molecule has 0 bridgehead atoms. The van der Waals surface area contributed by atoms with Crippen LogP contribution in [0.5, 0.6) is 0 Å². The standard InChI is InChI=1S/C15H18N2O3/c18-14(5-10-7-16-8-10)17-9-12-4-2-1-3-11(12)6-13(17)15(19)20/h1-4,10,13,16H,5-9H2,(H,19,20)/t13-/m1/s1. The van der Waals surface area contributed by atoms with Crippen LogP contribution in [0.1, 0.15) is 17.5 Å². The van der Waals surface area contributed by atoms with Gasteiger partial charge in [0.15, 0.2) is 0 Å². The molecule has 1 aromatic rings. The third-order valence-electron chi connectivity index (χ3n) is 4.18. The molecule has 1 atom stereocenters. The summed E-state index contributed by atoms with van der Waals surface area (Å²) < 4.78 is 0. The van der Waals surface area contributed by atoms with Gasteiger partial charge in [-0.05, 0) is 30.1 Å². The molecule has 106 valence electrons. The molecule has 2 aliphatic rings. The van der Waals surface area contributed by atoms with Crippen molar-refractivity contribution >= 4 is 11.9 Å². The van der Waals surface area contributed by atoms with Crippen molar-refractivity contribution < 1.29 is 14.7 Å². The van der Waals surface area contributed by atoms with Gasteiger partial charge in [-0.15, -0.1) is 0 Å². The average Bonchev–Trinajstić information content (AvgIpc) is 2.41. The molecule has 0 spiro atoms. The molecule has 0 radical (unpaired) electrons. The van der Waals surface area contributed by atoms with Gasteiger partial charge in [0.25, 0.3) is 0 Å². The summed E-state index contributed by atoms with van der Waals surface area (Å²) in [5, 5.41) is 12.5. The predicted octanol–water partition coefficient (Wildman–Crippen LogP) is 0.634. The maximum absolute atomic E-state index is 12.4. The Kier molecular flexibility index (Phi) is 3.44. The Balaban J connectivity index is 1.80. The summed E-state index contributed by atoms with van der Waals surface area (Å²) in [5.41, 5.74) is 2.10. The van der Waals surface area contributed by atoms with Crippen molar-refractivity contribution in [3.63, 3.8) is 0 Å². The summed E-state index contributed by atoms with van der Waals surface area (Å²) in [5.74, 6) is -0.605. The molecule has 2 aliphatic heterocycles. The molecule has 0 saturated carbocycles. The van der Waals surface area contributed by atoms with Gasteiger partial charge in [0, 0.05) is 19.4 Å². The Morgan fingerprint density at radius 1 is 1.25 bits per heavy atom. The number of carbonyl (C=O) groups is 2. The Hall–Kier alpha value is -1.88. The fraction of sp³-hybridized carbons (Fsp3) is 0.467. The summed E-state index contributed by atoms with van der Waals surface area (Å²) >= 11 is 0. The van der Waals surface area contributed by atoms with E-state index in [1.165, 1.54) is 4.90 Å². The number of carboxylic acids is 1. The van der Waals surface area contributed by atoms with Gasteiger partial charge in [-0.2, -0.15) is 0 Å². The molecule has 3 rings (SSSR count). The van der Waals surface area contributed by atoms with Crippen molar-refractivity contribution in [2.75, 3.05) is 13.1 Å². The van der Waals surface area contributed by atoms with Gasteiger partial charge in [-0.3, -0.25) is 4.79 Å². The molecular weight excluding hydrogens is 256 g/mol. The second-order valence-electron chi connectivity index (χ2n) is 5.58. The topological polar surface area (TPSA) is 69.6 Å². The number of hydrogen-bond donors (Lipinski definition) is 2. The van der Waals surface area contributed by atoms with Crippen LogP contribution in [0, 0.1) is 5.92 Å². The summed E-state index contributed by atoms with van der Waals surface area (Å²) in [7, 11) is 0. The van der Waals surface area contributed by atoms with E-state index in [0.717, 1.165) is 24.2 Å². The van der Waals surface area contributed by atoms with E-state index >= 15 is 0 Å². The first-order valence-corrected chi connectivity index (χ1v) is 6.95. The lowest BCUT2D eigenvalue weighted by Gasteiger charge is -2.36. The van der Waals surface area contributed by atoms with E-state index in [0.29, 0.717) is 25.3 Å². The van der Waals surface area contributed by atoms with E-state index < -0.39 is 12.0 Å². The first-order valence-electron chi connectivity index (χ1n) is 6.95. The molecule has 1 aromatic carbocycles. The lowest BCUT2D eigenvalue weighted by molar-refractivity contribution is -0.152. The van der Waals surface area contributed by atoms with Gasteiger partial charge in [0.2, 0.25) is 5.91 Å². The quantitative estimate of drug-likeness (QED) is 0.848. The van der Waals surface area contributed by atoms with Crippen molar-refractivity contribution in [2.24, 2.45) is 5.92 Å². The third kappa shape index (κ3) is 2.41. The minimum absolute atomic E-state index is 0.0431. The van der Waals surface area contributed by atoms with Crippen LogP contribution < -0.4 is 5.32 Å². The zero-order valence-electron chi connectivity index (χ0n) is 11.2. The Morgan fingerprint density at radius 2 is 1.95 bits per heavy atom. The fourth-order valence-electron chi connectivity index (χ4n) is 2.86. The normalized spacial score (nSPS) is 22.0. The van der Waals surface area contributed by atoms with Crippen LogP contribution in [-0.2, 0) is 22.6 Å². The highest BCUT2D eigenvalue weighted by Crippen LogP contribution is 2.25. The monoisotopic (exact) mass is 274 g/mol. The van der Waals surface area contributed by atoms with Crippen LogP contribution in [0.3, 0.4) is 0 Å². The zero-order chi connectivity index (χ0) is 14.1. The van der Waals surface area contributed by atoms with Gasteiger partial charge in [-0.1, -0.05) is 24.3 Å². The highest BCUT2D eigenvalue weighted by molar-refractivity contribution is 5.84. The Morgan fingerprint density at radius 3 is 2.55 bits per heavy atom. The summed E-state index contributed by atoms with van der Waals surface area (Å²) in [6.07, 6.45) is 0.846. The van der Waals surface area contributed by atoms with Crippen molar-refractivity contribution in [3.8, 4) is 0 Å². The largest absolute Gasteiger partial charge is 0.480 e. The Bertz CT molecular complexity index is 540. The number of nitrogens with one attached hydrogen (secondary N) is 1. The molecule has 2 N–H and O–H groups in total. The smallest absolute Gasteiger partial charge is 0.326 e. The van der Waals surface area contributed by atoms with Crippen LogP contribution in [0.2, 0.25) is 0 Å². The van der Waals surface area contributed by atoms with Gasteiger partial charge in [0.05, 0.1) is 0 Å². The fourth-order valence-corrected chi connectivity index (χ4v) is 2.86. The molecule has 1 saturated heterocycles. The third-order valence-corrected chi connectivity index (χ3v) is 4.18. The molecule has 1 fully saturated rings. The van der Waals surface area contributed by atoms with E-state index in [4.69, 9.17) is 0 Å². The number of benzene rings is 1. The minimum Gasteiger partial charge on any atom is -0.480 e. The molecule has 0 aliphatic carbocycles. The predicted molar refractivity (Wildman–Crippen MR) is 73.1 cm³/mol. The molecule has 5 heteroatoms.